The van der Waals surface area contributed by atoms with E-state index in [-0.39, 0.29) is 5.54 Å². The van der Waals surface area contributed by atoms with Gasteiger partial charge in [-0.25, -0.2) is 0 Å². The highest BCUT2D eigenvalue weighted by molar-refractivity contribution is 4.85. The van der Waals surface area contributed by atoms with Gasteiger partial charge in [0.25, 0.3) is 0 Å². The Hall–Kier alpha value is -0.480. The molecule has 0 spiro atoms. The van der Waals surface area contributed by atoms with Crippen molar-refractivity contribution < 1.29 is 0 Å². The molecule has 0 aliphatic heterocycles. The van der Waals surface area contributed by atoms with Gasteiger partial charge in [0.2, 0.25) is 0 Å². The van der Waals surface area contributed by atoms with Gasteiger partial charge in [-0.2, -0.15) is 0 Å². The van der Waals surface area contributed by atoms with E-state index in [0.29, 0.717) is 0 Å². The van der Waals surface area contributed by atoms with Crippen LogP contribution in [0.15, 0.2) is 0 Å². The van der Waals surface area contributed by atoms with Crippen molar-refractivity contribution in [1.29, 1.82) is 0 Å². The van der Waals surface area contributed by atoms with Crippen LogP contribution in [0.3, 0.4) is 0 Å². The number of terminal acetylenes is 1. The molecule has 1 heteroatoms. The summed E-state index contributed by atoms with van der Waals surface area (Å²) >= 11 is 0. The minimum absolute atomic E-state index is 0.251. The van der Waals surface area contributed by atoms with Gasteiger partial charge in [-0.3, -0.25) is 0 Å². The second kappa shape index (κ2) is 7.07. The van der Waals surface area contributed by atoms with Crippen LogP contribution in [0.5, 0.6) is 0 Å². The van der Waals surface area contributed by atoms with Gasteiger partial charge in [0.1, 0.15) is 0 Å². The minimum Gasteiger partial charge on any atom is -0.312 e. The second-order valence-electron chi connectivity index (χ2n) is 6.53. The van der Waals surface area contributed by atoms with Crippen LogP contribution >= 0.6 is 0 Å². The zero-order chi connectivity index (χ0) is 12.7. The van der Waals surface area contributed by atoms with E-state index in [1.807, 2.05) is 0 Å². The SMILES string of the molecule is C#CCCCC1CCCCC1CNC(C)(C)C. The molecule has 0 saturated heterocycles. The molecule has 1 N–H and O–H groups in total. The number of nitrogens with one attached hydrogen (secondary N) is 1. The lowest BCUT2D eigenvalue weighted by Crippen LogP contribution is -2.41. The maximum atomic E-state index is 5.33. The lowest BCUT2D eigenvalue weighted by atomic mass is 9.76. The van der Waals surface area contributed by atoms with Crippen molar-refractivity contribution in [2.75, 3.05) is 6.54 Å². The third-order valence-corrected chi connectivity index (χ3v) is 3.86. The molecule has 1 aliphatic rings. The van der Waals surface area contributed by atoms with Crippen LogP contribution in [-0.4, -0.2) is 12.1 Å². The van der Waals surface area contributed by atoms with Crippen molar-refractivity contribution in [2.24, 2.45) is 11.8 Å². The molecule has 17 heavy (non-hydrogen) atoms. The van der Waals surface area contributed by atoms with Gasteiger partial charge >= 0.3 is 0 Å². The molecular formula is C16H29N. The normalized spacial score (nSPS) is 25.5. The lowest BCUT2D eigenvalue weighted by Gasteiger charge is -2.34. The molecule has 2 unspecified atom stereocenters. The van der Waals surface area contributed by atoms with Crippen molar-refractivity contribution in [3.63, 3.8) is 0 Å². The zero-order valence-corrected chi connectivity index (χ0v) is 11.9. The van der Waals surface area contributed by atoms with Crippen molar-refractivity contribution in [3.05, 3.63) is 0 Å². The Bertz CT molecular complexity index is 243. The maximum Gasteiger partial charge on any atom is 0.00966 e. The topological polar surface area (TPSA) is 12.0 Å². The first-order valence-corrected chi connectivity index (χ1v) is 7.21. The molecule has 0 aromatic heterocycles. The number of unbranched alkanes of at least 4 members (excludes halogenated alkanes) is 1. The first-order chi connectivity index (χ1) is 8.03. The third-order valence-electron chi connectivity index (χ3n) is 3.86. The molecule has 0 amide bonds. The van der Waals surface area contributed by atoms with Crippen molar-refractivity contribution >= 4 is 0 Å². The lowest BCUT2D eigenvalue weighted by molar-refractivity contribution is 0.201. The largest absolute Gasteiger partial charge is 0.312 e. The van der Waals surface area contributed by atoms with Gasteiger partial charge in [-0.1, -0.05) is 19.3 Å². The summed E-state index contributed by atoms with van der Waals surface area (Å²) < 4.78 is 0. The minimum atomic E-state index is 0.251. The van der Waals surface area contributed by atoms with E-state index in [1.54, 1.807) is 0 Å². The van der Waals surface area contributed by atoms with E-state index in [9.17, 15) is 0 Å². The van der Waals surface area contributed by atoms with E-state index in [2.05, 4.69) is 32.0 Å². The fraction of sp³-hybridized carbons (Fsp3) is 0.875. The zero-order valence-electron chi connectivity index (χ0n) is 11.9. The van der Waals surface area contributed by atoms with Crippen LogP contribution in [0.1, 0.15) is 65.7 Å². The number of hydrogen-bond donors (Lipinski definition) is 1. The van der Waals surface area contributed by atoms with Crippen molar-refractivity contribution in [3.8, 4) is 12.3 Å². The Morgan fingerprint density at radius 1 is 1.18 bits per heavy atom. The smallest absolute Gasteiger partial charge is 0.00966 e. The van der Waals surface area contributed by atoms with E-state index in [4.69, 9.17) is 6.42 Å². The number of hydrogen-bond acceptors (Lipinski definition) is 1. The fourth-order valence-corrected chi connectivity index (χ4v) is 2.84. The average molecular weight is 235 g/mol. The molecule has 98 valence electrons. The Labute approximate surface area is 108 Å². The Morgan fingerprint density at radius 3 is 2.41 bits per heavy atom. The first kappa shape index (κ1) is 14.6. The summed E-state index contributed by atoms with van der Waals surface area (Å²) in [5, 5.41) is 3.67. The van der Waals surface area contributed by atoms with E-state index >= 15 is 0 Å². The molecule has 0 heterocycles. The molecule has 0 aromatic carbocycles. The van der Waals surface area contributed by atoms with Gasteiger partial charge in [0, 0.05) is 12.0 Å². The molecule has 1 rings (SSSR count). The Balaban J connectivity index is 2.35. The van der Waals surface area contributed by atoms with Crippen molar-refractivity contribution in [1.82, 2.24) is 5.32 Å². The highest BCUT2D eigenvalue weighted by Crippen LogP contribution is 2.33. The predicted molar refractivity (Wildman–Crippen MR) is 75.9 cm³/mol. The Kier molecular flexibility index (Phi) is 6.06. The van der Waals surface area contributed by atoms with E-state index in [0.717, 1.165) is 18.3 Å². The predicted octanol–water partition coefficient (Wildman–Crippen LogP) is 3.98. The van der Waals surface area contributed by atoms with Gasteiger partial charge in [-0.05, 0) is 58.4 Å². The summed E-state index contributed by atoms with van der Waals surface area (Å²) in [5.74, 6) is 4.55. The van der Waals surface area contributed by atoms with Gasteiger partial charge < -0.3 is 5.32 Å². The van der Waals surface area contributed by atoms with Gasteiger partial charge in [-0.15, -0.1) is 12.3 Å². The summed E-state index contributed by atoms with van der Waals surface area (Å²) in [5.41, 5.74) is 0.251. The summed E-state index contributed by atoms with van der Waals surface area (Å²) in [4.78, 5) is 0. The summed E-state index contributed by atoms with van der Waals surface area (Å²) in [7, 11) is 0. The van der Waals surface area contributed by atoms with Gasteiger partial charge in [0.05, 0.1) is 0 Å². The first-order valence-electron chi connectivity index (χ1n) is 7.21. The Morgan fingerprint density at radius 2 is 1.82 bits per heavy atom. The summed E-state index contributed by atoms with van der Waals surface area (Å²) in [6.45, 7) is 7.94. The molecule has 0 aromatic rings. The monoisotopic (exact) mass is 235 g/mol. The summed E-state index contributed by atoms with van der Waals surface area (Å²) in [6.07, 6.45) is 14.5. The summed E-state index contributed by atoms with van der Waals surface area (Å²) in [6, 6.07) is 0. The quantitative estimate of drug-likeness (QED) is 0.561. The van der Waals surface area contributed by atoms with Crippen LogP contribution in [0.2, 0.25) is 0 Å². The second-order valence-corrected chi connectivity index (χ2v) is 6.53. The highest BCUT2D eigenvalue weighted by Gasteiger charge is 2.25. The molecule has 1 aliphatic carbocycles. The molecule has 2 atom stereocenters. The molecule has 0 bridgehead atoms. The van der Waals surface area contributed by atoms with Crippen LogP contribution in [0.25, 0.3) is 0 Å². The third kappa shape index (κ3) is 6.13. The maximum absolute atomic E-state index is 5.33. The molecule has 0 radical (unpaired) electrons. The van der Waals surface area contributed by atoms with Crippen LogP contribution in [-0.2, 0) is 0 Å². The molecule has 1 nitrogen and oxygen atoms in total. The molecule has 1 saturated carbocycles. The fourth-order valence-electron chi connectivity index (χ4n) is 2.84. The standard InChI is InChI=1S/C16H29N/c1-5-6-7-10-14-11-8-9-12-15(14)13-17-16(2,3)4/h1,14-15,17H,6-13H2,2-4H3. The molecule has 1 fully saturated rings. The van der Waals surface area contributed by atoms with Crippen LogP contribution in [0.4, 0.5) is 0 Å². The highest BCUT2D eigenvalue weighted by atomic mass is 14.9. The number of rotatable bonds is 5. The van der Waals surface area contributed by atoms with Gasteiger partial charge in [0.15, 0.2) is 0 Å². The van der Waals surface area contributed by atoms with E-state index < -0.39 is 0 Å². The van der Waals surface area contributed by atoms with Crippen molar-refractivity contribution in [2.45, 2.75) is 71.3 Å². The average Bonchev–Trinajstić information content (AvgIpc) is 2.27. The van der Waals surface area contributed by atoms with E-state index in [1.165, 1.54) is 45.1 Å². The van der Waals surface area contributed by atoms with Crippen LogP contribution < -0.4 is 5.32 Å². The molecular weight excluding hydrogens is 206 g/mol. The van der Waals surface area contributed by atoms with Crippen LogP contribution in [0, 0.1) is 24.2 Å².